The van der Waals surface area contributed by atoms with Crippen molar-refractivity contribution in [2.75, 3.05) is 0 Å². The van der Waals surface area contributed by atoms with Crippen LogP contribution in [0, 0.1) is 0 Å². The molecule has 0 heterocycles. The molecule has 0 nitrogen and oxygen atoms in total. The van der Waals surface area contributed by atoms with Gasteiger partial charge < -0.3 is 0 Å². The van der Waals surface area contributed by atoms with Crippen LogP contribution < -0.4 is 0 Å². The molecule has 6 rings (SSSR count). The smallest absolute Gasteiger partial charge is 0.0722 e. The van der Waals surface area contributed by atoms with E-state index in [1.54, 1.807) is 0 Å². The molecular weight excluding hydrogens is 324 g/mol. The minimum Gasteiger partial charge on any atom is -0.0807 e. The Morgan fingerprint density at radius 3 is 2.19 bits per heavy atom. The fourth-order valence-corrected chi connectivity index (χ4v) is 5.37. The number of allylic oxidation sites excluding steroid dienone is 12. The van der Waals surface area contributed by atoms with E-state index in [0.29, 0.717) is 0 Å². The van der Waals surface area contributed by atoms with Crippen LogP contribution >= 0.6 is 0 Å². The van der Waals surface area contributed by atoms with E-state index in [-0.39, 0.29) is 5.41 Å². The fraction of sp³-hybridized carbons (Fsp3) is 0.111. The second kappa shape index (κ2) is 5.44. The summed E-state index contributed by atoms with van der Waals surface area (Å²) in [6, 6.07) is 18.0. The highest BCUT2D eigenvalue weighted by Gasteiger charge is 2.53. The van der Waals surface area contributed by atoms with Crippen LogP contribution in [0.3, 0.4) is 0 Å². The largest absolute Gasteiger partial charge is 0.0807 e. The number of hydrogen-bond acceptors (Lipinski definition) is 0. The molecule has 0 amide bonds. The predicted octanol–water partition coefficient (Wildman–Crippen LogP) is 6.59. The second-order valence-electron chi connectivity index (χ2n) is 7.57. The average Bonchev–Trinajstić information content (AvgIpc) is 2.94. The maximum Gasteiger partial charge on any atom is 0.0722 e. The quantitative estimate of drug-likeness (QED) is 0.505. The first-order chi connectivity index (χ1) is 13.4. The van der Waals surface area contributed by atoms with Crippen molar-refractivity contribution in [3.05, 3.63) is 131 Å². The molecule has 0 unspecified atom stereocenters. The van der Waals surface area contributed by atoms with Gasteiger partial charge in [0.2, 0.25) is 0 Å². The highest BCUT2D eigenvalue weighted by Crippen LogP contribution is 2.63. The van der Waals surface area contributed by atoms with Crippen molar-refractivity contribution in [3.63, 3.8) is 0 Å². The molecule has 0 radical (unpaired) electrons. The standard InChI is InChI=1S/C27H20/c1-3-11-19-20-12-4-2-6-16-24(20)27(23(19)15-5-1)25-17-9-7-13-21(25)22-14-8-10-18-26(22)27/h1,3-4,6-18H,2,5H2. The van der Waals surface area contributed by atoms with E-state index >= 15 is 0 Å². The van der Waals surface area contributed by atoms with Crippen molar-refractivity contribution in [2.24, 2.45) is 0 Å². The maximum atomic E-state index is 2.45. The van der Waals surface area contributed by atoms with Crippen molar-refractivity contribution in [3.8, 4) is 11.1 Å². The lowest BCUT2D eigenvalue weighted by Crippen LogP contribution is -2.27. The molecule has 0 saturated heterocycles. The first-order valence-corrected chi connectivity index (χ1v) is 9.78. The summed E-state index contributed by atoms with van der Waals surface area (Å²) < 4.78 is 0. The van der Waals surface area contributed by atoms with E-state index in [9.17, 15) is 0 Å². The first-order valence-electron chi connectivity index (χ1n) is 9.78. The van der Waals surface area contributed by atoms with Crippen LogP contribution in [0.1, 0.15) is 24.0 Å². The van der Waals surface area contributed by atoms with Crippen LogP contribution in [0.4, 0.5) is 0 Å². The van der Waals surface area contributed by atoms with E-state index in [1.165, 1.54) is 44.5 Å². The van der Waals surface area contributed by atoms with Crippen LogP contribution in [-0.2, 0) is 5.41 Å². The van der Waals surface area contributed by atoms with E-state index in [2.05, 4.69) is 97.1 Å². The highest BCUT2D eigenvalue weighted by atomic mass is 14.5. The summed E-state index contributed by atoms with van der Waals surface area (Å²) in [4.78, 5) is 0. The third-order valence-corrected chi connectivity index (χ3v) is 6.33. The van der Waals surface area contributed by atoms with E-state index in [1.807, 2.05) is 0 Å². The molecule has 4 aliphatic rings. The van der Waals surface area contributed by atoms with Crippen LogP contribution in [0.25, 0.3) is 11.1 Å². The Bertz CT molecular complexity index is 1110. The molecule has 0 fully saturated rings. The molecule has 4 aliphatic carbocycles. The SMILES string of the molecule is C1=CCC=C2C(=C1)C1=C(C=CCC=C1)C21c2ccccc2-c2ccccc21. The monoisotopic (exact) mass is 344 g/mol. The molecular formula is C27H20. The van der Waals surface area contributed by atoms with Gasteiger partial charge in [-0.25, -0.2) is 0 Å². The van der Waals surface area contributed by atoms with Gasteiger partial charge in [-0.15, -0.1) is 0 Å². The van der Waals surface area contributed by atoms with E-state index < -0.39 is 0 Å². The van der Waals surface area contributed by atoms with Gasteiger partial charge >= 0.3 is 0 Å². The lowest BCUT2D eigenvalue weighted by atomic mass is 9.69. The lowest BCUT2D eigenvalue weighted by Gasteiger charge is -2.32. The van der Waals surface area contributed by atoms with Crippen molar-refractivity contribution >= 4 is 0 Å². The second-order valence-corrected chi connectivity index (χ2v) is 7.57. The zero-order chi connectivity index (χ0) is 17.8. The van der Waals surface area contributed by atoms with Crippen molar-refractivity contribution in [2.45, 2.75) is 18.3 Å². The Morgan fingerprint density at radius 1 is 0.704 bits per heavy atom. The van der Waals surface area contributed by atoms with Crippen LogP contribution in [0.2, 0.25) is 0 Å². The maximum absolute atomic E-state index is 2.45. The third kappa shape index (κ3) is 1.78. The van der Waals surface area contributed by atoms with Gasteiger partial charge in [0.25, 0.3) is 0 Å². The number of rotatable bonds is 0. The Hall–Kier alpha value is -3.12. The van der Waals surface area contributed by atoms with Gasteiger partial charge in [0.15, 0.2) is 0 Å². The molecule has 2 aromatic rings. The third-order valence-electron chi connectivity index (χ3n) is 6.33. The minimum absolute atomic E-state index is 0.189. The molecule has 1 spiro atoms. The number of hydrogen-bond donors (Lipinski definition) is 0. The van der Waals surface area contributed by atoms with Crippen molar-refractivity contribution < 1.29 is 0 Å². The number of benzene rings is 2. The summed E-state index contributed by atoms with van der Waals surface area (Å²) in [5, 5.41) is 0. The van der Waals surface area contributed by atoms with Gasteiger partial charge in [-0.2, -0.15) is 0 Å². The lowest BCUT2D eigenvalue weighted by molar-refractivity contribution is 0.779. The van der Waals surface area contributed by atoms with Gasteiger partial charge in [-0.3, -0.25) is 0 Å². The van der Waals surface area contributed by atoms with Gasteiger partial charge in [-0.05, 0) is 57.4 Å². The summed E-state index contributed by atoms with van der Waals surface area (Å²) in [5.41, 5.74) is 11.1. The molecule has 0 aliphatic heterocycles. The predicted molar refractivity (Wildman–Crippen MR) is 113 cm³/mol. The molecule has 0 N–H and O–H groups in total. The van der Waals surface area contributed by atoms with Gasteiger partial charge in [0.05, 0.1) is 5.41 Å². The van der Waals surface area contributed by atoms with Crippen molar-refractivity contribution in [1.82, 2.24) is 0 Å². The molecule has 0 atom stereocenters. The molecule has 0 saturated carbocycles. The van der Waals surface area contributed by atoms with Crippen molar-refractivity contribution in [1.29, 1.82) is 0 Å². The Kier molecular flexibility index (Phi) is 3.02. The fourth-order valence-electron chi connectivity index (χ4n) is 5.37. The summed E-state index contributed by atoms with van der Waals surface area (Å²) in [7, 11) is 0. The van der Waals surface area contributed by atoms with Crippen LogP contribution in [-0.4, -0.2) is 0 Å². The zero-order valence-electron chi connectivity index (χ0n) is 15.2. The first kappa shape index (κ1) is 15.0. The minimum atomic E-state index is -0.189. The normalized spacial score (nSPS) is 20.4. The number of fused-ring (bicyclic) bond motifs is 9. The molecule has 128 valence electrons. The van der Waals surface area contributed by atoms with Gasteiger partial charge in [0, 0.05) is 0 Å². The molecule has 0 heteroatoms. The Morgan fingerprint density at radius 2 is 1.41 bits per heavy atom. The average molecular weight is 344 g/mol. The molecule has 27 heavy (non-hydrogen) atoms. The van der Waals surface area contributed by atoms with Crippen LogP contribution in [0.5, 0.6) is 0 Å². The molecule has 2 aromatic carbocycles. The summed E-state index contributed by atoms with van der Waals surface area (Å²) in [6.07, 6.45) is 20.5. The summed E-state index contributed by atoms with van der Waals surface area (Å²) >= 11 is 0. The molecule has 0 bridgehead atoms. The molecule has 0 aromatic heterocycles. The summed E-state index contributed by atoms with van der Waals surface area (Å²) in [5.74, 6) is 0. The van der Waals surface area contributed by atoms with Gasteiger partial charge in [0.1, 0.15) is 0 Å². The topological polar surface area (TPSA) is 0 Å². The zero-order valence-corrected chi connectivity index (χ0v) is 15.2. The van der Waals surface area contributed by atoms with E-state index in [4.69, 9.17) is 0 Å². The summed E-state index contributed by atoms with van der Waals surface area (Å²) in [6.45, 7) is 0. The van der Waals surface area contributed by atoms with E-state index in [0.717, 1.165) is 12.8 Å². The highest BCUT2D eigenvalue weighted by molar-refractivity contribution is 5.91. The Balaban J connectivity index is 1.82. The van der Waals surface area contributed by atoms with Gasteiger partial charge in [-0.1, -0.05) is 97.1 Å². The van der Waals surface area contributed by atoms with Crippen LogP contribution in [0.15, 0.2) is 119 Å². The Labute approximate surface area is 160 Å².